The Kier molecular flexibility index (Phi) is 11.9. The number of carboxylic acids is 1. The third-order valence-electron chi connectivity index (χ3n) is 5.67. The van der Waals surface area contributed by atoms with Crippen LogP contribution in [-0.4, -0.2) is 68.8 Å². The van der Waals surface area contributed by atoms with E-state index in [0.29, 0.717) is 12.1 Å². The van der Waals surface area contributed by atoms with Crippen LogP contribution in [0.3, 0.4) is 0 Å². The number of hydrogen-bond acceptors (Lipinski definition) is 7. The Morgan fingerprint density at radius 3 is 2.11 bits per heavy atom. The van der Waals surface area contributed by atoms with Crippen LogP contribution in [0, 0.1) is 11.8 Å². The van der Waals surface area contributed by atoms with Crippen molar-refractivity contribution >= 4 is 29.6 Å². The van der Waals surface area contributed by atoms with Gasteiger partial charge in [-0.2, -0.15) is 0 Å². The number of nitrogens with one attached hydrogen (secondary N) is 4. The maximum Gasteiger partial charge on any atom is 0.326 e. The summed E-state index contributed by atoms with van der Waals surface area (Å²) < 4.78 is 0. The van der Waals surface area contributed by atoms with Crippen LogP contribution in [0.4, 0.5) is 0 Å². The number of aliphatic carboxylic acids is 1. The number of amides is 4. The number of aromatic amines is 1. The molecular formula is C22H37N7O6. The highest BCUT2D eigenvalue weighted by molar-refractivity contribution is 5.94. The fraction of sp³-hybridized carbons (Fsp3) is 0.636. The van der Waals surface area contributed by atoms with E-state index < -0.39 is 59.7 Å². The van der Waals surface area contributed by atoms with Crippen molar-refractivity contribution < 1.29 is 29.1 Å². The molecule has 1 aromatic rings. The molecule has 0 aromatic carbocycles. The van der Waals surface area contributed by atoms with Gasteiger partial charge in [0.25, 0.3) is 0 Å². The molecule has 0 spiro atoms. The first-order valence-electron chi connectivity index (χ1n) is 11.5. The Balaban J connectivity index is 2.92. The molecule has 0 radical (unpaired) electrons. The molecule has 0 aliphatic heterocycles. The van der Waals surface area contributed by atoms with Gasteiger partial charge in [-0.25, -0.2) is 9.78 Å². The van der Waals surface area contributed by atoms with E-state index in [9.17, 15) is 29.1 Å². The lowest BCUT2D eigenvalue weighted by atomic mass is 9.95. The molecule has 1 rings (SSSR count). The van der Waals surface area contributed by atoms with Crippen LogP contribution in [-0.2, 0) is 30.4 Å². The van der Waals surface area contributed by atoms with Gasteiger partial charge >= 0.3 is 5.97 Å². The van der Waals surface area contributed by atoms with Crippen LogP contribution in [0.5, 0.6) is 0 Å². The first kappa shape index (κ1) is 29.6. The van der Waals surface area contributed by atoms with Gasteiger partial charge in [-0.15, -0.1) is 0 Å². The third-order valence-corrected chi connectivity index (χ3v) is 5.67. The van der Waals surface area contributed by atoms with Crippen molar-refractivity contribution in [2.45, 2.75) is 77.5 Å². The molecule has 0 saturated heterocycles. The summed E-state index contributed by atoms with van der Waals surface area (Å²) in [6, 6.07) is -4.33. The Hall–Kier alpha value is -3.48. The molecule has 35 heavy (non-hydrogen) atoms. The second-order valence-electron chi connectivity index (χ2n) is 8.89. The molecule has 9 N–H and O–H groups in total. The predicted molar refractivity (Wildman–Crippen MR) is 126 cm³/mol. The van der Waals surface area contributed by atoms with Crippen LogP contribution in [0.15, 0.2) is 12.5 Å². The predicted octanol–water partition coefficient (Wildman–Crippen LogP) is -1.21. The maximum atomic E-state index is 13.1. The molecule has 0 fully saturated rings. The van der Waals surface area contributed by atoms with E-state index in [4.69, 9.17) is 11.5 Å². The van der Waals surface area contributed by atoms with Crippen LogP contribution in [0.2, 0.25) is 0 Å². The van der Waals surface area contributed by atoms with E-state index in [2.05, 4.69) is 25.9 Å². The third kappa shape index (κ3) is 9.73. The van der Waals surface area contributed by atoms with Gasteiger partial charge in [-0.3, -0.25) is 19.2 Å². The van der Waals surface area contributed by atoms with E-state index in [1.165, 1.54) is 6.33 Å². The molecule has 5 atom stereocenters. The minimum atomic E-state index is -1.35. The largest absolute Gasteiger partial charge is 0.480 e. The number of H-pyrrole nitrogens is 1. The molecule has 5 unspecified atom stereocenters. The lowest BCUT2D eigenvalue weighted by Crippen LogP contribution is -2.60. The number of aromatic nitrogens is 2. The standard InChI is InChI=1S/C22H37N7O6/c1-5-12(4)18(29-19(31)14(23)8-13-9-25-10-26-13)21(33)28-17(11(2)3)20(32)27-15(22(34)35)6-7-16(24)30/h9-12,14-15,17-18H,5-8,23H2,1-4H3,(H2,24,30)(H,25,26)(H,27,32)(H,28,33)(H,29,31)(H,34,35). The van der Waals surface area contributed by atoms with Gasteiger partial charge in [-0.1, -0.05) is 34.1 Å². The molecule has 0 saturated carbocycles. The number of carboxylic acid groups (broad SMARTS) is 1. The molecule has 13 heteroatoms. The van der Waals surface area contributed by atoms with E-state index in [-0.39, 0.29) is 25.2 Å². The van der Waals surface area contributed by atoms with Gasteiger partial charge in [0.15, 0.2) is 0 Å². The fourth-order valence-electron chi connectivity index (χ4n) is 3.27. The van der Waals surface area contributed by atoms with Gasteiger partial charge in [0.05, 0.1) is 12.4 Å². The maximum absolute atomic E-state index is 13.1. The molecule has 196 valence electrons. The van der Waals surface area contributed by atoms with Crippen molar-refractivity contribution in [2.75, 3.05) is 0 Å². The number of carbonyl (C=O) groups is 5. The summed E-state index contributed by atoms with van der Waals surface area (Å²) in [6.45, 7) is 6.99. The molecule has 1 heterocycles. The summed E-state index contributed by atoms with van der Waals surface area (Å²) in [6.07, 6.45) is 3.35. The zero-order chi connectivity index (χ0) is 26.7. The fourth-order valence-corrected chi connectivity index (χ4v) is 3.27. The van der Waals surface area contributed by atoms with E-state index >= 15 is 0 Å². The van der Waals surface area contributed by atoms with Crippen molar-refractivity contribution in [3.05, 3.63) is 18.2 Å². The normalized spacial score (nSPS) is 15.4. The summed E-state index contributed by atoms with van der Waals surface area (Å²) >= 11 is 0. The van der Waals surface area contributed by atoms with Gasteiger partial charge in [0.1, 0.15) is 18.1 Å². The minimum Gasteiger partial charge on any atom is -0.480 e. The number of carbonyl (C=O) groups excluding carboxylic acids is 4. The van der Waals surface area contributed by atoms with Crippen LogP contribution < -0.4 is 27.4 Å². The van der Waals surface area contributed by atoms with Crippen LogP contribution >= 0.6 is 0 Å². The minimum absolute atomic E-state index is 0.186. The highest BCUT2D eigenvalue weighted by Gasteiger charge is 2.33. The van der Waals surface area contributed by atoms with Crippen LogP contribution in [0.1, 0.15) is 52.7 Å². The second kappa shape index (κ2) is 14.0. The SMILES string of the molecule is CCC(C)C(NC(=O)C(N)Cc1cnc[nH]1)C(=O)NC(C(=O)NC(CCC(N)=O)C(=O)O)C(C)C. The quantitative estimate of drug-likeness (QED) is 0.156. The van der Waals surface area contributed by atoms with Crippen molar-refractivity contribution in [2.24, 2.45) is 23.3 Å². The Morgan fingerprint density at radius 1 is 1.03 bits per heavy atom. The Bertz CT molecular complexity index is 874. The Labute approximate surface area is 204 Å². The molecule has 4 amide bonds. The zero-order valence-electron chi connectivity index (χ0n) is 20.5. The number of rotatable bonds is 15. The molecular weight excluding hydrogens is 458 g/mol. The smallest absolute Gasteiger partial charge is 0.326 e. The summed E-state index contributed by atoms with van der Waals surface area (Å²) in [4.78, 5) is 67.9. The van der Waals surface area contributed by atoms with Crippen molar-refractivity contribution in [1.29, 1.82) is 0 Å². The number of nitrogens with two attached hydrogens (primary N) is 2. The number of nitrogens with zero attached hydrogens (tertiary/aromatic N) is 1. The summed E-state index contributed by atoms with van der Waals surface area (Å²) in [5, 5.41) is 17.0. The lowest BCUT2D eigenvalue weighted by Gasteiger charge is -2.29. The van der Waals surface area contributed by atoms with Gasteiger partial charge in [-0.05, 0) is 18.3 Å². The lowest BCUT2D eigenvalue weighted by molar-refractivity contribution is -0.143. The topological polar surface area (TPSA) is 222 Å². The molecule has 13 nitrogen and oxygen atoms in total. The summed E-state index contributed by atoms with van der Waals surface area (Å²) in [5.41, 5.74) is 11.7. The number of imidazole rings is 1. The average molecular weight is 496 g/mol. The molecule has 1 aromatic heterocycles. The zero-order valence-corrected chi connectivity index (χ0v) is 20.5. The first-order valence-corrected chi connectivity index (χ1v) is 11.5. The van der Waals surface area contributed by atoms with Crippen molar-refractivity contribution in [1.82, 2.24) is 25.9 Å². The Morgan fingerprint density at radius 2 is 1.63 bits per heavy atom. The van der Waals surface area contributed by atoms with Crippen molar-refractivity contribution in [3.8, 4) is 0 Å². The summed E-state index contributed by atoms with van der Waals surface area (Å²) in [7, 11) is 0. The van der Waals surface area contributed by atoms with Crippen molar-refractivity contribution in [3.63, 3.8) is 0 Å². The number of hydrogen-bond donors (Lipinski definition) is 7. The van der Waals surface area contributed by atoms with Gasteiger partial charge in [0.2, 0.25) is 23.6 Å². The van der Waals surface area contributed by atoms with Gasteiger partial charge < -0.3 is 37.5 Å². The monoisotopic (exact) mass is 495 g/mol. The highest BCUT2D eigenvalue weighted by atomic mass is 16.4. The molecule has 0 aliphatic carbocycles. The van der Waals surface area contributed by atoms with E-state index in [1.807, 2.05) is 6.92 Å². The van der Waals surface area contributed by atoms with Crippen LogP contribution in [0.25, 0.3) is 0 Å². The summed E-state index contributed by atoms with van der Waals surface area (Å²) in [5.74, 6) is -4.57. The molecule has 0 aliphatic rings. The second-order valence-corrected chi connectivity index (χ2v) is 8.89. The van der Waals surface area contributed by atoms with E-state index in [1.54, 1.807) is 27.0 Å². The van der Waals surface area contributed by atoms with Gasteiger partial charge in [0, 0.05) is 24.7 Å². The average Bonchev–Trinajstić information content (AvgIpc) is 3.29. The molecule has 0 bridgehead atoms. The number of primary amides is 1. The highest BCUT2D eigenvalue weighted by Crippen LogP contribution is 2.11. The first-order chi connectivity index (χ1) is 16.4. The van der Waals surface area contributed by atoms with E-state index in [0.717, 1.165) is 0 Å².